The highest BCUT2D eigenvalue weighted by Crippen LogP contribution is 2.05. The van der Waals surface area contributed by atoms with Gasteiger partial charge in [-0.05, 0) is 37.1 Å². The number of hydrogen-bond donors (Lipinski definition) is 0. The topological polar surface area (TPSA) is 12.4 Å². The van der Waals surface area contributed by atoms with Gasteiger partial charge in [-0.25, -0.2) is 4.39 Å². The minimum atomic E-state index is -0.232. The first-order chi connectivity index (χ1) is 8.13. The van der Waals surface area contributed by atoms with E-state index >= 15 is 0 Å². The molecule has 0 amide bonds. The van der Waals surface area contributed by atoms with Crippen molar-refractivity contribution < 1.29 is 4.39 Å². The zero-order chi connectivity index (χ0) is 13.3. The molecule has 0 aromatic heterocycles. The lowest BCUT2D eigenvalue weighted by molar-refractivity contribution is 0.628. The van der Waals surface area contributed by atoms with E-state index in [0.717, 1.165) is 16.8 Å². The van der Waals surface area contributed by atoms with Gasteiger partial charge in [-0.1, -0.05) is 38.6 Å². The molecule has 0 aliphatic heterocycles. The van der Waals surface area contributed by atoms with Crippen LogP contribution in [-0.4, -0.2) is 5.71 Å². The van der Waals surface area contributed by atoms with Crippen molar-refractivity contribution in [2.75, 3.05) is 0 Å². The van der Waals surface area contributed by atoms with Gasteiger partial charge in [-0.15, -0.1) is 0 Å². The number of halogens is 1. The van der Waals surface area contributed by atoms with Crippen molar-refractivity contribution in [2.24, 2.45) is 4.99 Å². The van der Waals surface area contributed by atoms with Crippen molar-refractivity contribution in [1.82, 2.24) is 0 Å². The Bertz CT molecular complexity index is 399. The molecule has 17 heavy (non-hydrogen) atoms. The number of aliphatic imine (C=N–C) groups is 1. The van der Waals surface area contributed by atoms with E-state index in [9.17, 15) is 4.39 Å². The largest absolute Gasteiger partial charge is 0.261 e. The normalized spacial score (nSPS) is 11.6. The maximum atomic E-state index is 12.7. The van der Waals surface area contributed by atoms with E-state index < -0.39 is 0 Å². The lowest BCUT2D eigenvalue weighted by atomic mass is 10.1. The molecule has 0 unspecified atom stereocenters. The van der Waals surface area contributed by atoms with E-state index in [1.807, 2.05) is 27.7 Å². The van der Waals surface area contributed by atoms with E-state index in [1.165, 1.54) is 12.1 Å². The Balaban J connectivity index is 0.00000121. The highest BCUT2D eigenvalue weighted by Gasteiger charge is 1.96. The summed E-state index contributed by atoms with van der Waals surface area (Å²) in [5.74, 6) is -0.232. The SMILES string of the molecule is C=C/C(C)=C\N=C(C)c1ccc(F)cc1.CC. The molecule has 0 heterocycles. The summed E-state index contributed by atoms with van der Waals surface area (Å²) in [7, 11) is 0. The minimum absolute atomic E-state index is 0.232. The average molecular weight is 233 g/mol. The summed E-state index contributed by atoms with van der Waals surface area (Å²) in [5, 5.41) is 0. The lowest BCUT2D eigenvalue weighted by Crippen LogP contribution is -1.93. The van der Waals surface area contributed by atoms with Crippen LogP contribution in [0.25, 0.3) is 0 Å². The lowest BCUT2D eigenvalue weighted by Gasteiger charge is -1.98. The first-order valence-electron chi connectivity index (χ1n) is 5.73. The first kappa shape index (κ1) is 15.3. The smallest absolute Gasteiger partial charge is 0.123 e. The number of benzene rings is 1. The second-order valence-corrected chi connectivity index (χ2v) is 3.30. The van der Waals surface area contributed by atoms with Crippen LogP contribution in [0, 0.1) is 5.82 Å². The molecule has 0 aliphatic rings. The zero-order valence-electron chi connectivity index (χ0n) is 11.0. The Labute approximate surface area is 103 Å². The molecule has 0 saturated heterocycles. The second-order valence-electron chi connectivity index (χ2n) is 3.30. The molecule has 1 nitrogen and oxygen atoms in total. The molecule has 0 atom stereocenters. The van der Waals surface area contributed by atoms with Crippen LogP contribution in [0.2, 0.25) is 0 Å². The quantitative estimate of drug-likeness (QED) is 0.527. The van der Waals surface area contributed by atoms with Gasteiger partial charge in [0.05, 0.1) is 0 Å². The predicted octanol–water partition coefficient (Wildman–Crippen LogP) is 4.75. The first-order valence-corrected chi connectivity index (χ1v) is 5.73. The molecule has 1 rings (SSSR count). The Kier molecular flexibility index (Phi) is 7.61. The van der Waals surface area contributed by atoms with Crippen molar-refractivity contribution in [3.63, 3.8) is 0 Å². The van der Waals surface area contributed by atoms with Crippen molar-refractivity contribution in [3.8, 4) is 0 Å². The van der Waals surface area contributed by atoms with Crippen LogP contribution < -0.4 is 0 Å². The fourth-order valence-corrected chi connectivity index (χ4v) is 1.02. The van der Waals surface area contributed by atoms with Gasteiger partial charge in [0, 0.05) is 11.9 Å². The van der Waals surface area contributed by atoms with Crippen molar-refractivity contribution in [3.05, 3.63) is 60.1 Å². The summed E-state index contributed by atoms with van der Waals surface area (Å²) in [5.41, 5.74) is 2.78. The molecule has 0 aliphatic carbocycles. The monoisotopic (exact) mass is 233 g/mol. The molecule has 2 heteroatoms. The Hall–Kier alpha value is -1.70. The molecule has 92 valence electrons. The van der Waals surface area contributed by atoms with Crippen LogP contribution >= 0.6 is 0 Å². The third-order valence-electron chi connectivity index (χ3n) is 2.05. The zero-order valence-corrected chi connectivity index (χ0v) is 11.0. The van der Waals surface area contributed by atoms with Gasteiger partial charge in [-0.2, -0.15) is 0 Å². The standard InChI is InChI=1S/C13H14FN.C2H6/c1-4-10(2)9-15-11(3)12-5-7-13(14)8-6-12;1-2/h4-9H,1H2,2-3H3;1-2H3/b10-9-,15-11?;. The molecule has 0 radical (unpaired) electrons. The molecule has 1 aromatic rings. The summed E-state index contributed by atoms with van der Waals surface area (Å²) < 4.78 is 12.7. The van der Waals surface area contributed by atoms with Crippen molar-refractivity contribution in [1.29, 1.82) is 0 Å². The van der Waals surface area contributed by atoms with Gasteiger partial charge in [-0.3, -0.25) is 4.99 Å². The van der Waals surface area contributed by atoms with Crippen LogP contribution in [0.15, 0.2) is 53.7 Å². The second kappa shape index (κ2) is 8.45. The maximum absolute atomic E-state index is 12.7. The van der Waals surface area contributed by atoms with E-state index in [4.69, 9.17) is 0 Å². The third-order valence-corrected chi connectivity index (χ3v) is 2.05. The highest BCUT2D eigenvalue weighted by molar-refractivity contribution is 5.99. The number of nitrogens with zero attached hydrogens (tertiary/aromatic N) is 1. The molecule has 0 saturated carbocycles. The van der Waals surface area contributed by atoms with Gasteiger partial charge in [0.2, 0.25) is 0 Å². The molecule has 0 N–H and O–H groups in total. The fourth-order valence-electron chi connectivity index (χ4n) is 1.02. The van der Waals surface area contributed by atoms with Crippen LogP contribution in [0.5, 0.6) is 0 Å². The van der Waals surface area contributed by atoms with E-state index in [2.05, 4.69) is 11.6 Å². The Morgan fingerprint density at radius 2 is 1.71 bits per heavy atom. The van der Waals surface area contributed by atoms with Gasteiger partial charge in [0.1, 0.15) is 5.82 Å². The summed E-state index contributed by atoms with van der Waals surface area (Å²) in [4.78, 5) is 4.26. The molecular weight excluding hydrogens is 213 g/mol. The molecule has 1 aromatic carbocycles. The van der Waals surface area contributed by atoms with E-state index in [1.54, 1.807) is 24.4 Å². The summed E-state index contributed by atoms with van der Waals surface area (Å²) in [6.07, 6.45) is 3.48. The Morgan fingerprint density at radius 1 is 1.18 bits per heavy atom. The predicted molar refractivity (Wildman–Crippen MR) is 73.9 cm³/mol. The number of hydrogen-bond acceptors (Lipinski definition) is 1. The average Bonchev–Trinajstić information content (AvgIpc) is 2.38. The number of allylic oxidation sites excluding steroid dienone is 2. The third kappa shape index (κ3) is 5.81. The van der Waals surface area contributed by atoms with Crippen molar-refractivity contribution >= 4 is 5.71 Å². The minimum Gasteiger partial charge on any atom is -0.261 e. The van der Waals surface area contributed by atoms with Crippen LogP contribution in [0.3, 0.4) is 0 Å². The maximum Gasteiger partial charge on any atom is 0.123 e. The highest BCUT2D eigenvalue weighted by atomic mass is 19.1. The molecule has 0 bridgehead atoms. The molecule has 0 fully saturated rings. The van der Waals surface area contributed by atoms with Gasteiger partial charge < -0.3 is 0 Å². The van der Waals surface area contributed by atoms with Crippen LogP contribution in [-0.2, 0) is 0 Å². The van der Waals surface area contributed by atoms with Gasteiger partial charge >= 0.3 is 0 Å². The van der Waals surface area contributed by atoms with Crippen molar-refractivity contribution in [2.45, 2.75) is 27.7 Å². The van der Waals surface area contributed by atoms with Crippen LogP contribution in [0.4, 0.5) is 4.39 Å². The molecular formula is C15H20FN. The van der Waals surface area contributed by atoms with E-state index in [0.29, 0.717) is 0 Å². The number of rotatable bonds is 3. The Morgan fingerprint density at radius 3 is 2.18 bits per heavy atom. The summed E-state index contributed by atoms with van der Waals surface area (Å²) in [6, 6.07) is 6.29. The van der Waals surface area contributed by atoms with Crippen LogP contribution in [0.1, 0.15) is 33.3 Å². The molecule has 0 spiro atoms. The van der Waals surface area contributed by atoms with Gasteiger partial charge in [0.15, 0.2) is 0 Å². The fraction of sp³-hybridized carbons (Fsp3) is 0.267. The summed E-state index contributed by atoms with van der Waals surface area (Å²) >= 11 is 0. The van der Waals surface area contributed by atoms with Gasteiger partial charge in [0.25, 0.3) is 0 Å². The van der Waals surface area contributed by atoms with E-state index in [-0.39, 0.29) is 5.82 Å². The summed E-state index contributed by atoms with van der Waals surface area (Å²) in [6.45, 7) is 11.4.